The molecular formula is C19H21NO3. The summed E-state index contributed by atoms with van der Waals surface area (Å²) < 4.78 is 10.9. The maximum absolute atomic E-state index is 9.78. The van der Waals surface area contributed by atoms with E-state index in [1.54, 1.807) is 20.3 Å². The molecule has 4 rings (SSSR count). The normalized spacial score (nSPS) is 19.5. The van der Waals surface area contributed by atoms with Crippen molar-refractivity contribution in [3.63, 3.8) is 0 Å². The van der Waals surface area contributed by atoms with E-state index in [1.807, 2.05) is 12.1 Å². The van der Waals surface area contributed by atoms with Crippen LogP contribution in [-0.4, -0.2) is 30.8 Å². The Kier molecular flexibility index (Phi) is 3.42. The minimum atomic E-state index is 0.341. The Balaban J connectivity index is 1.77. The first-order valence-corrected chi connectivity index (χ1v) is 7.99. The number of benzene rings is 2. The van der Waals surface area contributed by atoms with E-state index in [0.717, 1.165) is 37.4 Å². The van der Waals surface area contributed by atoms with Crippen LogP contribution in [0.4, 0.5) is 0 Å². The molecule has 0 saturated carbocycles. The summed E-state index contributed by atoms with van der Waals surface area (Å²) in [7, 11) is 3.36. The molecule has 0 saturated heterocycles. The molecule has 4 heteroatoms. The smallest absolute Gasteiger partial charge is 0.161 e. The Morgan fingerprint density at radius 3 is 2.57 bits per heavy atom. The van der Waals surface area contributed by atoms with Crippen LogP contribution in [0.3, 0.4) is 0 Å². The van der Waals surface area contributed by atoms with Crippen LogP contribution in [0.1, 0.15) is 28.3 Å². The number of rotatable bonds is 2. The Hall–Kier alpha value is -2.20. The monoisotopic (exact) mass is 311 g/mol. The van der Waals surface area contributed by atoms with Gasteiger partial charge in [0, 0.05) is 19.1 Å². The minimum absolute atomic E-state index is 0.341. The molecule has 1 N–H and O–H groups in total. The average molecular weight is 311 g/mol. The molecule has 2 aromatic rings. The summed E-state index contributed by atoms with van der Waals surface area (Å²) in [6, 6.07) is 10.3. The maximum atomic E-state index is 9.78. The highest BCUT2D eigenvalue weighted by molar-refractivity contribution is 5.50. The van der Waals surface area contributed by atoms with Gasteiger partial charge in [-0.25, -0.2) is 0 Å². The summed E-state index contributed by atoms with van der Waals surface area (Å²) in [6.45, 7) is 1.99. The topological polar surface area (TPSA) is 41.9 Å². The fourth-order valence-electron chi connectivity index (χ4n) is 3.89. The Morgan fingerprint density at radius 1 is 1.00 bits per heavy atom. The van der Waals surface area contributed by atoms with Gasteiger partial charge in [0.1, 0.15) is 5.75 Å². The summed E-state index contributed by atoms with van der Waals surface area (Å²) in [5.74, 6) is 1.93. The molecule has 0 aliphatic carbocycles. The van der Waals surface area contributed by atoms with E-state index in [1.165, 1.54) is 22.3 Å². The van der Waals surface area contributed by atoms with Crippen molar-refractivity contribution >= 4 is 0 Å². The van der Waals surface area contributed by atoms with Crippen LogP contribution < -0.4 is 9.47 Å². The molecule has 1 atom stereocenters. The molecule has 0 unspecified atom stereocenters. The van der Waals surface area contributed by atoms with E-state index in [9.17, 15) is 5.11 Å². The van der Waals surface area contributed by atoms with Crippen molar-refractivity contribution in [3.05, 3.63) is 52.6 Å². The van der Waals surface area contributed by atoms with Crippen LogP contribution in [0.25, 0.3) is 0 Å². The predicted octanol–water partition coefficient (Wildman–Crippen LogP) is 3.06. The number of fused-ring (bicyclic) bond motifs is 4. The molecule has 2 aliphatic heterocycles. The molecule has 120 valence electrons. The lowest BCUT2D eigenvalue weighted by molar-refractivity contribution is 0.160. The van der Waals surface area contributed by atoms with Crippen molar-refractivity contribution in [2.24, 2.45) is 0 Å². The highest BCUT2D eigenvalue weighted by Gasteiger charge is 2.33. The first kappa shape index (κ1) is 14.4. The zero-order valence-electron chi connectivity index (χ0n) is 13.5. The average Bonchev–Trinajstić information content (AvgIpc) is 2.58. The van der Waals surface area contributed by atoms with Crippen molar-refractivity contribution in [2.45, 2.75) is 25.4 Å². The standard InChI is InChI=1S/C19H21NO3/c1-22-18-9-12-5-6-20-11-13-3-4-15(21)7-14(13)8-17(20)16(12)10-19(18)23-2/h3-4,7,9-10,17,21H,5-6,8,11H2,1-2H3/t17-/m1/s1. The van der Waals surface area contributed by atoms with Crippen LogP contribution in [0, 0.1) is 0 Å². The van der Waals surface area contributed by atoms with Gasteiger partial charge in [-0.15, -0.1) is 0 Å². The number of aromatic hydroxyl groups is 1. The molecule has 0 fully saturated rings. The summed E-state index contributed by atoms with van der Waals surface area (Å²) in [4.78, 5) is 2.52. The van der Waals surface area contributed by atoms with Gasteiger partial charge in [-0.3, -0.25) is 4.90 Å². The van der Waals surface area contributed by atoms with Gasteiger partial charge >= 0.3 is 0 Å². The van der Waals surface area contributed by atoms with Gasteiger partial charge in [0.05, 0.1) is 14.2 Å². The number of hydrogen-bond acceptors (Lipinski definition) is 4. The molecule has 0 amide bonds. The van der Waals surface area contributed by atoms with E-state index in [0.29, 0.717) is 11.8 Å². The third kappa shape index (κ3) is 2.34. The molecule has 2 aliphatic rings. The SMILES string of the molecule is COc1cc2c(cc1OC)[C@H]1Cc3cc(O)ccc3CN1CC2. The molecule has 0 aromatic heterocycles. The van der Waals surface area contributed by atoms with E-state index in [2.05, 4.69) is 17.0 Å². The first-order valence-electron chi connectivity index (χ1n) is 7.99. The van der Waals surface area contributed by atoms with Crippen molar-refractivity contribution in [1.82, 2.24) is 4.90 Å². The largest absolute Gasteiger partial charge is 0.508 e. The van der Waals surface area contributed by atoms with Crippen molar-refractivity contribution in [3.8, 4) is 17.2 Å². The molecule has 2 heterocycles. The van der Waals surface area contributed by atoms with Gasteiger partial charge < -0.3 is 14.6 Å². The second-order valence-corrected chi connectivity index (χ2v) is 6.30. The zero-order valence-corrected chi connectivity index (χ0v) is 13.5. The molecule has 0 spiro atoms. The summed E-state index contributed by atoms with van der Waals surface area (Å²) in [6.07, 6.45) is 1.95. The predicted molar refractivity (Wildman–Crippen MR) is 88.2 cm³/mol. The van der Waals surface area contributed by atoms with Crippen molar-refractivity contribution < 1.29 is 14.6 Å². The van der Waals surface area contributed by atoms with Gasteiger partial charge in [0.15, 0.2) is 11.5 Å². The number of methoxy groups -OCH3 is 2. The molecule has 0 radical (unpaired) electrons. The van der Waals surface area contributed by atoms with Crippen molar-refractivity contribution in [1.29, 1.82) is 0 Å². The summed E-state index contributed by atoms with van der Waals surface area (Å²) in [5.41, 5.74) is 5.23. The molecular weight excluding hydrogens is 290 g/mol. The number of ether oxygens (including phenoxy) is 2. The van der Waals surface area contributed by atoms with Crippen molar-refractivity contribution in [2.75, 3.05) is 20.8 Å². The van der Waals surface area contributed by atoms with Gasteiger partial charge in [-0.1, -0.05) is 6.07 Å². The van der Waals surface area contributed by atoms with Gasteiger partial charge in [-0.05, 0) is 59.4 Å². The van der Waals surface area contributed by atoms with E-state index < -0.39 is 0 Å². The number of phenolic OH excluding ortho intramolecular Hbond substituents is 1. The third-order valence-electron chi connectivity index (χ3n) is 5.09. The second-order valence-electron chi connectivity index (χ2n) is 6.30. The summed E-state index contributed by atoms with van der Waals surface area (Å²) >= 11 is 0. The van der Waals surface area contributed by atoms with E-state index >= 15 is 0 Å². The minimum Gasteiger partial charge on any atom is -0.508 e. The second kappa shape index (κ2) is 5.46. The first-order chi connectivity index (χ1) is 11.2. The molecule has 2 aromatic carbocycles. The van der Waals surface area contributed by atoms with Gasteiger partial charge in [0.25, 0.3) is 0 Å². The maximum Gasteiger partial charge on any atom is 0.161 e. The van der Waals surface area contributed by atoms with E-state index in [4.69, 9.17) is 9.47 Å². The van der Waals surface area contributed by atoms with Crippen LogP contribution in [0.15, 0.2) is 30.3 Å². The third-order valence-corrected chi connectivity index (χ3v) is 5.09. The van der Waals surface area contributed by atoms with Crippen LogP contribution >= 0.6 is 0 Å². The molecule has 4 nitrogen and oxygen atoms in total. The number of nitrogens with zero attached hydrogens (tertiary/aromatic N) is 1. The van der Waals surface area contributed by atoms with Gasteiger partial charge in [-0.2, -0.15) is 0 Å². The Morgan fingerprint density at radius 2 is 1.78 bits per heavy atom. The number of phenols is 1. The molecule has 23 heavy (non-hydrogen) atoms. The quantitative estimate of drug-likeness (QED) is 0.925. The van der Waals surface area contributed by atoms with Crippen LogP contribution in [0.2, 0.25) is 0 Å². The van der Waals surface area contributed by atoms with Gasteiger partial charge in [0.2, 0.25) is 0 Å². The fourth-order valence-corrected chi connectivity index (χ4v) is 3.89. The zero-order chi connectivity index (χ0) is 16.0. The summed E-state index contributed by atoms with van der Waals surface area (Å²) in [5, 5.41) is 9.78. The highest BCUT2D eigenvalue weighted by atomic mass is 16.5. The fraction of sp³-hybridized carbons (Fsp3) is 0.368. The molecule has 0 bridgehead atoms. The lowest BCUT2D eigenvalue weighted by atomic mass is 9.84. The van der Waals surface area contributed by atoms with Crippen LogP contribution in [0.5, 0.6) is 17.2 Å². The number of hydrogen-bond donors (Lipinski definition) is 1. The lowest BCUT2D eigenvalue weighted by Crippen LogP contribution is -2.39. The Labute approximate surface area is 136 Å². The Bertz CT molecular complexity index is 757. The highest BCUT2D eigenvalue weighted by Crippen LogP contribution is 2.42. The lowest BCUT2D eigenvalue weighted by Gasteiger charge is -2.41. The van der Waals surface area contributed by atoms with Crippen LogP contribution in [-0.2, 0) is 19.4 Å². The van der Waals surface area contributed by atoms with E-state index in [-0.39, 0.29) is 0 Å².